The largest absolute Gasteiger partial charge is 3.00 e. The van der Waals surface area contributed by atoms with Crippen molar-refractivity contribution < 1.29 is 51.0 Å². The van der Waals surface area contributed by atoms with Gasteiger partial charge in [-0.25, -0.2) is 0 Å². The van der Waals surface area contributed by atoms with Gasteiger partial charge in [-0.2, -0.15) is 0 Å². The summed E-state index contributed by atoms with van der Waals surface area (Å²) >= 11 is 0. The number of hydrogen-bond donors (Lipinski definition) is 0. The number of rotatable bonds is 3. The van der Waals surface area contributed by atoms with Crippen molar-refractivity contribution in [2.24, 2.45) is 0 Å². The molecule has 1 fully saturated rings. The third-order valence-corrected chi connectivity index (χ3v) is 8.52. The van der Waals surface area contributed by atoms with Gasteiger partial charge >= 0.3 is 26.2 Å². The van der Waals surface area contributed by atoms with Gasteiger partial charge < -0.3 is 30.1 Å². The molecule has 22 heavy (non-hydrogen) atoms. The standard InChI is InChI=1S/C17H30NSi.2ClH.Zr/c1-13-12-16(4,15(3)14(13)2)18-17(19(5)6)10-8-7-9-11-17;;;/h12,19H,7-11H2,1-6H3;2*1H;/q-1;;;+3/p-2. The molecule has 0 aliphatic heterocycles. The van der Waals surface area contributed by atoms with Crippen molar-refractivity contribution in [2.45, 2.75) is 83.6 Å². The Morgan fingerprint density at radius 2 is 1.50 bits per heavy atom. The molecule has 0 spiro atoms. The van der Waals surface area contributed by atoms with Crippen LogP contribution in [-0.4, -0.2) is 19.5 Å². The monoisotopic (exact) mass is 436 g/mol. The molecule has 0 N–H and O–H groups in total. The second-order valence-corrected chi connectivity index (χ2v) is 10.5. The van der Waals surface area contributed by atoms with E-state index in [0.717, 1.165) is 0 Å². The summed E-state index contributed by atoms with van der Waals surface area (Å²) in [4.78, 5) is 0. The van der Waals surface area contributed by atoms with E-state index >= 15 is 0 Å². The molecule has 2 aliphatic rings. The molecule has 0 heterocycles. The Morgan fingerprint density at radius 1 is 1.00 bits per heavy atom. The molecule has 0 aromatic rings. The molecule has 125 valence electrons. The first-order chi connectivity index (χ1) is 8.81. The topological polar surface area (TPSA) is 14.1 Å². The Kier molecular flexibility index (Phi) is 11.0. The normalized spacial score (nSPS) is 26.8. The van der Waals surface area contributed by atoms with Gasteiger partial charge in [-0.3, -0.25) is 0 Å². The molecule has 0 aromatic heterocycles. The minimum absolute atomic E-state index is 0. The first kappa shape index (κ1) is 25.4. The van der Waals surface area contributed by atoms with Gasteiger partial charge in [0.05, 0.1) is 0 Å². The molecule has 2 aliphatic carbocycles. The molecule has 2 rings (SSSR count). The minimum atomic E-state index is -0.774. The van der Waals surface area contributed by atoms with Crippen LogP contribution < -0.4 is 24.8 Å². The molecule has 5 heteroatoms. The second kappa shape index (κ2) is 9.56. The molecule has 0 aromatic carbocycles. The third-order valence-electron chi connectivity index (χ3n) is 5.66. The number of allylic oxidation sites excluding steroid dienone is 2. The van der Waals surface area contributed by atoms with E-state index < -0.39 is 8.80 Å². The van der Waals surface area contributed by atoms with Gasteiger partial charge in [0, 0.05) is 8.80 Å². The summed E-state index contributed by atoms with van der Waals surface area (Å²) in [6.07, 6.45) is 9.27. The number of hydrogen-bond acceptors (Lipinski definition) is 0. The van der Waals surface area contributed by atoms with Crippen LogP contribution in [0.4, 0.5) is 0 Å². The molecular weight excluding hydrogens is 408 g/mol. The molecule has 1 atom stereocenters. The Labute approximate surface area is 170 Å². The fraction of sp³-hybridized carbons (Fsp3) is 0.765. The molecule has 1 nitrogen and oxygen atoms in total. The van der Waals surface area contributed by atoms with Crippen LogP contribution in [0.25, 0.3) is 5.32 Å². The third kappa shape index (κ3) is 4.82. The van der Waals surface area contributed by atoms with Crippen LogP contribution in [0.15, 0.2) is 22.8 Å². The molecular formula is C17H30Cl2NSiZr. The molecule has 0 saturated heterocycles. The molecule has 0 bridgehead atoms. The van der Waals surface area contributed by atoms with Crippen LogP contribution in [0.2, 0.25) is 13.1 Å². The summed E-state index contributed by atoms with van der Waals surface area (Å²) in [6.45, 7) is 14.1. The van der Waals surface area contributed by atoms with Gasteiger partial charge in [0.15, 0.2) is 0 Å². The smallest absolute Gasteiger partial charge is 1.00 e. The van der Waals surface area contributed by atoms with E-state index in [-0.39, 0.29) is 56.6 Å². The van der Waals surface area contributed by atoms with Crippen molar-refractivity contribution in [3.8, 4) is 0 Å². The van der Waals surface area contributed by atoms with Crippen molar-refractivity contribution in [3.63, 3.8) is 0 Å². The van der Waals surface area contributed by atoms with Crippen LogP contribution in [0.1, 0.15) is 59.8 Å². The Morgan fingerprint density at radius 3 is 1.86 bits per heavy atom. The fourth-order valence-electron chi connectivity index (χ4n) is 3.87. The predicted octanol–water partition coefficient (Wildman–Crippen LogP) is -0.851. The van der Waals surface area contributed by atoms with E-state index in [1.54, 1.807) is 0 Å². The summed E-state index contributed by atoms with van der Waals surface area (Å²) in [5.41, 5.74) is 4.34. The average Bonchev–Trinajstić information content (AvgIpc) is 2.54. The Bertz CT molecular complexity index is 428. The Balaban J connectivity index is 0. The fourth-order valence-corrected chi connectivity index (χ4v) is 5.96. The Hall–Kier alpha value is 1.12. The van der Waals surface area contributed by atoms with Gasteiger partial charge in [-0.15, -0.1) is 5.16 Å². The van der Waals surface area contributed by atoms with Crippen LogP contribution in [0.5, 0.6) is 0 Å². The summed E-state index contributed by atoms with van der Waals surface area (Å²) < 4.78 is 0. The van der Waals surface area contributed by atoms with E-state index in [1.165, 1.54) is 48.8 Å². The molecule has 0 amide bonds. The second-order valence-electron chi connectivity index (χ2n) is 7.16. The van der Waals surface area contributed by atoms with Crippen LogP contribution in [0, 0.1) is 0 Å². The predicted molar refractivity (Wildman–Crippen MR) is 88.6 cm³/mol. The first-order valence-corrected chi connectivity index (χ1v) is 10.8. The van der Waals surface area contributed by atoms with E-state index in [4.69, 9.17) is 5.32 Å². The zero-order chi connectivity index (χ0) is 14.3. The minimum Gasteiger partial charge on any atom is -1.00 e. The first-order valence-electron chi connectivity index (χ1n) is 7.93. The number of halogens is 2. The van der Waals surface area contributed by atoms with Gasteiger partial charge in [0.1, 0.15) is 0 Å². The van der Waals surface area contributed by atoms with Gasteiger partial charge in [-0.05, 0) is 20.8 Å². The molecule has 1 unspecified atom stereocenters. The maximum absolute atomic E-state index is 5.51. The van der Waals surface area contributed by atoms with Crippen molar-refractivity contribution in [1.29, 1.82) is 0 Å². The maximum atomic E-state index is 5.51. The zero-order valence-electron chi connectivity index (χ0n) is 14.9. The summed E-state index contributed by atoms with van der Waals surface area (Å²) in [5.74, 6) is 0. The van der Waals surface area contributed by atoms with Crippen LogP contribution in [-0.2, 0) is 26.2 Å². The van der Waals surface area contributed by atoms with Gasteiger partial charge in [0.25, 0.3) is 0 Å². The summed E-state index contributed by atoms with van der Waals surface area (Å²) in [5, 5.41) is 5.85. The van der Waals surface area contributed by atoms with E-state index in [9.17, 15) is 0 Å². The van der Waals surface area contributed by atoms with Crippen molar-refractivity contribution in [3.05, 3.63) is 28.1 Å². The van der Waals surface area contributed by atoms with Crippen LogP contribution >= 0.6 is 0 Å². The molecule has 1 radical (unpaired) electrons. The van der Waals surface area contributed by atoms with E-state index in [0.29, 0.717) is 5.16 Å². The average molecular weight is 439 g/mol. The SMILES string of the molecule is CC1=CC(C)([N-]C2([SiH](C)C)CCCCC2)C(C)=C1C.[Cl-].[Cl-].[Zr+3]. The van der Waals surface area contributed by atoms with Crippen molar-refractivity contribution in [2.75, 3.05) is 0 Å². The maximum Gasteiger partial charge on any atom is 3.00 e. The summed E-state index contributed by atoms with van der Waals surface area (Å²) in [7, 11) is -0.774. The van der Waals surface area contributed by atoms with E-state index in [1.807, 2.05) is 0 Å². The van der Waals surface area contributed by atoms with Crippen LogP contribution in [0.3, 0.4) is 0 Å². The zero-order valence-corrected chi connectivity index (χ0v) is 20.0. The number of nitrogens with zero attached hydrogens (tertiary/aromatic N) is 1. The quantitative estimate of drug-likeness (QED) is 0.510. The van der Waals surface area contributed by atoms with E-state index in [2.05, 4.69) is 46.9 Å². The van der Waals surface area contributed by atoms with Crippen molar-refractivity contribution in [1.82, 2.24) is 0 Å². The summed E-state index contributed by atoms with van der Waals surface area (Å²) in [6, 6.07) is 0. The van der Waals surface area contributed by atoms with Crippen molar-refractivity contribution >= 4 is 8.80 Å². The van der Waals surface area contributed by atoms with Gasteiger partial charge in [0.2, 0.25) is 0 Å². The van der Waals surface area contributed by atoms with Gasteiger partial charge in [-0.1, -0.05) is 80.5 Å². The molecule has 1 saturated carbocycles.